The fourth-order valence-corrected chi connectivity index (χ4v) is 5.00. The normalized spacial score (nSPS) is 15.1. The van der Waals surface area contributed by atoms with Crippen LogP contribution in [0.2, 0.25) is 0 Å². The number of ether oxygens (including phenoxy) is 2. The molecular formula is C20H24N2O5S. The van der Waals surface area contributed by atoms with Crippen LogP contribution in [0.5, 0.6) is 11.5 Å². The van der Waals surface area contributed by atoms with Gasteiger partial charge in [0.15, 0.2) is 9.84 Å². The highest BCUT2D eigenvalue weighted by Crippen LogP contribution is 2.27. The number of likely N-dealkylation sites (tertiary alicyclic amines) is 1. The number of piperidine rings is 1. The van der Waals surface area contributed by atoms with Crippen molar-refractivity contribution in [1.82, 2.24) is 4.90 Å². The Morgan fingerprint density at radius 1 is 1.00 bits per heavy atom. The summed E-state index contributed by atoms with van der Waals surface area (Å²) >= 11 is 0. The van der Waals surface area contributed by atoms with Gasteiger partial charge in [-0.1, -0.05) is 12.1 Å². The van der Waals surface area contributed by atoms with Crippen molar-refractivity contribution in [3.05, 3.63) is 48.5 Å². The molecule has 1 fully saturated rings. The summed E-state index contributed by atoms with van der Waals surface area (Å²) in [5.74, 6) is 1.19. The van der Waals surface area contributed by atoms with Gasteiger partial charge in [-0.05, 0) is 49.2 Å². The topological polar surface area (TPSA) is 84.9 Å². The SMILES string of the molecule is COc1ccc(S(=O)(=O)C2CCN(C(=O)Nc3ccccc3OC)CC2)cc1. The van der Waals surface area contributed by atoms with Gasteiger partial charge in [-0.2, -0.15) is 0 Å². The van der Waals surface area contributed by atoms with Crippen molar-refractivity contribution in [2.75, 3.05) is 32.6 Å². The molecule has 150 valence electrons. The minimum absolute atomic E-state index is 0.259. The number of carbonyl (C=O) groups is 1. The van der Waals surface area contributed by atoms with E-state index in [1.54, 1.807) is 48.4 Å². The number of benzene rings is 2. The van der Waals surface area contributed by atoms with Gasteiger partial charge in [-0.15, -0.1) is 0 Å². The number of nitrogens with zero attached hydrogens (tertiary/aromatic N) is 1. The van der Waals surface area contributed by atoms with Gasteiger partial charge >= 0.3 is 6.03 Å². The maximum Gasteiger partial charge on any atom is 0.321 e. The summed E-state index contributed by atoms with van der Waals surface area (Å²) in [5, 5.41) is 2.32. The third-order valence-corrected chi connectivity index (χ3v) is 7.18. The summed E-state index contributed by atoms with van der Waals surface area (Å²) in [7, 11) is -0.360. The van der Waals surface area contributed by atoms with Crippen LogP contribution in [0, 0.1) is 0 Å². The van der Waals surface area contributed by atoms with Crippen LogP contribution in [0.15, 0.2) is 53.4 Å². The molecule has 28 heavy (non-hydrogen) atoms. The molecule has 1 aliphatic rings. The third kappa shape index (κ3) is 4.22. The summed E-state index contributed by atoms with van der Waals surface area (Å²) in [6, 6.07) is 13.3. The van der Waals surface area contributed by atoms with Crippen LogP contribution in [-0.4, -0.2) is 51.9 Å². The highest BCUT2D eigenvalue weighted by molar-refractivity contribution is 7.92. The molecule has 0 bridgehead atoms. The van der Waals surface area contributed by atoms with Gasteiger partial charge in [0.2, 0.25) is 0 Å². The number of hydrogen-bond acceptors (Lipinski definition) is 5. The molecule has 0 spiro atoms. The van der Waals surface area contributed by atoms with E-state index in [9.17, 15) is 13.2 Å². The van der Waals surface area contributed by atoms with Gasteiger partial charge in [0.05, 0.1) is 30.1 Å². The van der Waals surface area contributed by atoms with E-state index in [0.29, 0.717) is 43.1 Å². The monoisotopic (exact) mass is 404 g/mol. The summed E-state index contributed by atoms with van der Waals surface area (Å²) < 4.78 is 36.0. The molecule has 1 heterocycles. The van der Waals surface area contributed by atoms with E-state index in [1.807, 2.05) is 12.1 Å². The van der Waals surface area contributed by atoms with Gasteiger partial charge in [0.25, 0.3) is 0 Å². The van der Waals surface area contributed by atoms with Crippen LogP contribution in [0.4, 0.5) is 10.5 Å². The molecule has 0 aliphatic carbocycles. The second-order valence-corrected chi connectivity index (χ2v) is 8.77. The van der Waals surface area contributed by atoms with E-state index < -0.39 is 15.1 Å². The van der Waals surface area contributed by atoms with E-state index in [4.69, 9.17) is 9.47 Å². The highest BCUT2D eigenvalue weighted by atomic mass is 32.2. The van der Waals surface area contributed by atoms with Crippen molar-refractivity contribution in [1.29, 1.82) is 0 Å². The van der Waals surface area contributed by atoms with Gasteiger partial charge < -0.3 is 19.7 Å². The summed E-state index contributed by atoms with van der Waals surface area (Å²) in [4.78, 5) is 14.4. The lowest BCUT2D eigenvalue weighted by atomic mass is 10.1. The van der Waals surface area contributed by atoms with Crippen LogP contribution < -0.4 is 14.8 Å². The summed E-state index contributed by atoms with van der Waals surface area (Å²) in [6.07, 6.45) is 0.793. The standard InChI is InChI=1S/C20H24N2O5S/c1-26-15-7-9-16(10-8-15)28(24,25)17-11-13-22(14-12-17)20(23)21-18-5-3-4-6-19(18)27-2/h3-10,17H,11-14H2,1-2H3,(H,21,23). The Morgan fingerprint density at radius 3 is 2.25 bits per heavy atom. The first-order valence-corrected chi connectivity index (χ1v) is 10.6. The van der Waals surface area contributed by atoms with E-state index >= 15 is 0 Å². The maximum atomic E-state index is 12.9. The van der Waals surface area contributed by atoms with Crippen molar-refractivity contribution in [3.8, 4) is 11.5 Å². The number of rotatable bonds is 5. The zero-order valence-corrected chi connectivity index (χ0v) is 16.7. The van der Waals surface area contributed by atoms with E-state index in [2.05, 4.69) is 5.32 Å². The number of anilines is 1. The molecule has 2 amide bonds. The van der Waals surface area contributed by atoms with Crippen molar-refractivity contribution >= 4 is 21.6 Å². The van der Waals surface area contributed by atoms with Gasteiger partial charge in [0.1, 0.15) is 11.5 Å². The first-order valence-electron chi connectivity index (χ1n) is 9.02. The lowest BCUT2D eigenvalue weighted by Crippen LogP contribution is -2.44. The average Bonchev–Trinajstić information content (AvgIpc) is 2.74. The number of urea groups is 1. The van der Waals surface area contributed by atoms with Gasteiger partial charge in [-0.3, -0.25) is 0 Å². The van der Waals surface area contributed by atoms with Crippen LogP contribution in [0.3, 0.4) is 0 Å². The summed E-state index contributed by atoms with van der Waals surface area (Å²) in [6.45, 7) is 0.752. The zero-order valence-electron chi connectivity index (χ0n) is 15.9. The smallest absolute Gasteiger partial charge is 0.321 e. The second kappa shape index (κ2) is 8.52. The van der Waals surface area contributed by atoms with E-state index in [-0.39, 0.29) is 10.9 Å². The minimum atomic E-state index is -3.44. The number of sulfone groups is 1. The Hall–Kier alpha value is -2.74. The third-order valence-electron chi connectivity index (χ3n) is 4.90. The fourth-order valence-electron chi connectivity index (χ4n) is 3.27. The largest absolute Gasteiger partial charge is 0.497 e. The number of amides is 2. The Morgan fingerprint density at radius 2 is 1.64 bits per heavy atom. The minimum Gasteiger partial charge on any atom is -0.497 e. The Balaban J connectivity index is 1.62. The molecular weight excluding hydrogens is 380 g/mol. The molecule has 0 unspecified atom stereocenters. The lowest BCUT2D eigenvalue weighted by Gasteiger charge is -2.32. The predicted molar refractivity (Wildman–Crippen MR) is 107 cm³/mol. The molecule has 2 aromatic rings. The average molecular weight is 404 g/mol. The van der Waals surface area contributed by atoms with Crippen molar-refractivity contribution in [3.63, 3.8) is 0 Å². The quantitative estimate of drug-likeness (QED) is 0.827. The molecule has 7 nitrogen and oxygen atoms in total. The number of para-hydroxylation sites is 2. The Kier molecular flexibility index (Phi) is 6.08. The zero-order chi connectivity index (χ0) is 20.1. The summed E-state index contributed by atoms with van der Waals surface area (Å²) in [5.41, 5.74) is 0.586. The molecule has 0 radical (unpaired) electrons. The first kappa shape index (κ1) is 20.0. The van der Waals surface area contributed by atoms with Crippen molar-refractivity contribution < 1.29 is 22.7 Å². The Bertz CT molecular complexity index is 920. The second-order valence-electron chi connectivity index (χ2n) is 6.54. The molecule has 3 rings (SSSR count). The van der Waals surface area contributed by atoms with E-state index in [1.165, 1.54) is 7.11 Å². The lowest BCUT2D eigenvalue weighted by molar-refractivity contribution is 0.200. The Labute approximate surface area is 165 Å². The number of methoxy groups -OCH3 is 2. The molecule has 0 aromatic heterocycles. The van der Waals surface area contributed by atoms with Gasteiger partial charge in [-0.25, -0.2) is 13.2 Å². The molecule has 0 atom stereocenters. The van der Waals surface area contributed by atoms with Crippen molar-refractivity contribution in [2.45, 2.75) is 23.0 Å². The van der Waals surface area contributed by atoms with Crippen LogP contribution in [0.1, 0.15) is 12.8 Å². The van der Waals surface area contributed by atoms with Crippen LogP contribution >= 0.6 is 0 Å². The van der Waals surface area contributed by atoms with Crippen LogP contribution in [-0.2, 0) is 9.84 Å². The molecule has 1 N–H and O–H groups in total. The fraction of sp³-hybridized carbons (Fsp3) is 0.350. The van der Waals surface area contributed by atoms with E-state index in [0.717, 1.165) is 0 Å². The van der Waals surface area contributed by atoms with Crippen LogP contribution in [0.25, 0.3) is 0 Å². The maximum absolute atomic E-state index is 12.9. The first-order chi connectivity index (χ1) is 13.5. The van der Waals surface area contributed by atoms with Crippen molar-refractivity contribution in [2.24, 2.45) is 0 Å². The molecule has 1 aliphatic heterocycles. The molecule has 8 heteroatoms. The molecule has 1 saturated heterocycles. The molecule has 2 aromatic carbocycles. The molecule has 0 saturated carbocycles. The number of carbonyl (C=O) groups excluding carboxylic acids is 1. The van der Waals surface area contributed by atoms with Gasteiger partial charge in [0, 0.05) is 13.1 Å². The predicted octanol–water partition coefficient (Wildman–Crippen LogP) is 3.17. The number of hydrogen-bond donors (Lipinski definition) is 1. The number of nitrogens with one attached hydrogen (secondary N) is 1. The highest BCUT2D eigenvalue weighted by Gasteiger charge is 2.32.